The van der Waals surface area contributed by atoms with Gasteiger partial charge in [0, 0.05) is 50.5 Å². The van der Waals surface area contributed by atoms with Gasteiger partial charge in [-0.25, -0.2) is 4.68 Å². The van der Waals surface area contributed by atoms with Gasteiger partial charge in [0.15, 0.2) is 0 Å². The van der Waals surface area contributed by atoms with E-state index in [-0.39, 0.29) is 0 Å². The van der Waals surface area contributed by atoms with Gasteiger partial charge in [-0.15, -0.1) is 5.10 Å². The van der Waals surface area contributed by atoms with E-state index in [2.05, 4.69) is 100 Å². The molecule has 30 heavy (non-hydrogen) atoms. The third-order valence-corrected chi connectivity index (χ3v) is 5.92. The summed E-state index contributed by atoms with van der Waals surface area (Å²) in [5, 5.41) is 12.3. The van der Waals surface area contributed by atoms with Crippen molar-refractivity contribution in [3.8, 4) is 16.9 Å². The number of rotatable bonds is 3. The molecule has 146 valence electrons. The number of fused-ring (bicyclic) bond motifs is 4. The molecule has 0 unspecified atom stereocenters. The van der Waals surface area contributed by atoms with Crippen LogP contribution in [0, 0.1) is 6.92 Å². The van der Waals surface area contributed by atoms with Gasteiger partial charge in [-0.2, -0.15) is 0 Å². The Labute approximate surface area is 173 Å². The Morgan fingerprint density at radius 2 is 1.77 bits per heavy atom. The number of nitrogens with one attached hydrogen (secondary N) is 1. The topological polar surface area (TPSA) is 51.4 Å². The maximum absolute atomic E-state index is 4.41. The van der Waals surface area contributed by atoms with Crippen LogP contribution in [0.5, 0.6) is 0 Å². The monoisotopic (exact) mass is 391 g/mol. The summed E-state index contributed by atoms with van der Waals surface area (Å²) in [5.74, 6) is 0. The summed E-state index contributed by atoms with van der Waals surface area (Å²) in [4.78, 5) is 3.38. The molecule has 6 aromatic rings. The van der Waals surface area contributed by atoms with Crippen LogP contribution in [0.4, 0.5) is 0 Å². The summed E-state index contributed by atoms with van der Waals surface area (Å²) in [5.41, 5.74) is 7.90. The van der Waals surface area contributed by atoms with Crippen molar-refractivity contribution >= 4 is 32.7 Å². The number of benzene rings is 3. The van der Waals surface area contributed by atoms with E-state index < -0.39 is 0 Å². The molecule has 5 heteroatoms. The van der Waals surface area contributed by atoms with Gasteiger partial charge in [0.05, 0.1) is 17.6 Å². The molecule has 3 heterocycles. The zero-order chi connectivity index (χ0) is 20.2. The number of para-hydroxylation sites is 1. The van der Waals surface area contributed by atoms with Gasteiger partial charge in [-0.05, 0) is 56.3 Å². The highest BCUT2D eigenvalue weighted by Gasteiger charge is 2.14. The average molecular weight is 391 g/mol. The summed E-state index contributed by atoms with van der Waals surface area (Å²) in [6, 6.07) is 23.7. The van der Waals surface area contributed by atoms with Gasteiger partial charge >= 0.3 is 0 Å². The predicted octanol–water partition coefficient (Wildman–Crippen LogP) is 5.85. The lowest BCUT2D eigenvalue weighted by atomic mass is 10.1. The second-order valence-electron chi connectivity index (χ2n) is 7.75. The number of hydrogen-bond donors (Lipinski definition) is 1. The average Bonchev–Trinajstić information content (AvgIpc) is 3.47. The van der Waals surface area contributed by atoms with Crippen LogP contribution in [0.2, 0.25) is 0 Å². The molecule has 0 aliphatic heterocycles. The third kappa shape index (κ3) is 2.42. The maximum atomic E-state index is 4.41. The Morgan fingerprint density at radius 1 is 0.900 bits per heavy atom. The van der Waals surface area contributed by atoms with Crippen molar-refractivity contribution in [1.82, 2.24) is 24.5 Å². The van der Waals surface area contributed by atoms with Gasteiger partial charge in [-0.1, -0.05) is 29.5 Å². The van der Waals surface area contributed by atoms with Gasteiger partial charge in [0.2, 0.25) is 0 Å². The molecule has 0 saturated carbocycles. The van der Waals surface area contributed by atoms with Crippen LogP contribution in [-0.4, -0.2) is 24.5 Å². The highest BCUT2D eigenvalue weighted by atomic mass is 15.4. The van der Waals surface area contributed by atoms with Crippen molar-refractivity contribution in [3.05, 3.63) is 78.6 Å². The quantitative estimate of drug-likeness (QED) is 0.411. The predicted molar refractivity (Wildman–Crippen MR) is 122 cm³/mol. The molecule has 0 bridgehead atoms. The Hall–Kier alpha value is -3.86. The Bertz CT molecular complexity index is 1550. The Kier molecular flexibility index (Phi) is 3.59. The van der Waals surface area contributed by atoms with Crippen LogP contribution in [-0.2, 0) is 6.54 Å². The largest absolute Gasteiger partial charge is 0.359 e. The van der Waals surface area contributed by atoms with E-state index in [1.165, 1.54) is 27.2 Å². The summed E-state index contributed by atoms with van der Waals surface area (Å²) < 4.78 is 4.29. The number of aromatic amines is 1. The van der Waals surface area contributed by atoms with E-state index in [4.69, 9.17) is 0 Å². The maximum Gasteiger partial charge on any atom is 0.0944 e. The number of nitrogens with zero attached hydrogens (tertiary/aromatic N) is 4. The molecule has 6 rings (SSSR count). The van der Waals surface area contributed by atoms with E-state index in [0.29, 0.717) is 0 Å². The molecule has 0 fully saturated rings. The lowest BCUT2D eigenvalue weighted by Crippen LogP contribution is -1.99. The van der Waals surface area contributed by atoms with Crippen LogP contribution in [0.1, 0.15) is 12.6 Å². The smallest absolute Gasteiger partial charge is 0.0944 e. The van der Waals surface area contributed by atoms with E-state index >= 15 is 0 Å². The van der Waals surface area contributed by atoms with Crippen molar-refractivity contribution in [1.29, 1.82) is 0 Å². The van der Waals surface area contributed by atoms with E-state index in [9.17, 15) is 0 Å². The first-order valence-electron chi connectivity index (χ1n) is 10.2. The highest BCUT2D eigenvalue weighted by molar-refractivity contribution is 6.08. The molecule has 0 radical (unpaired) electrons. The number of aromatic nitrogens is 5. The summed E-state index contributed by atoms with van der Waals surface area (Å²) in [6.07, 6.45) is 1.83. The highest BCUT2D eigenvalue weighted by Crippen LogP contribution is 2.32. The fourth-order valence-corrected chi connectivity index (χ4v) is 4.57. The second kappa shape index (κ2) is 6.32. The summed E-state index contributed by atoms with van der Waals surface area (Å²) in [7, 11) is 0. The minimum atomic E-state index is 0.939. The second-order valence-corrected chi connectivity index (χ2v) is 7.75. The minimum absolute atomic E-state index is 0.939. The third-order valence-electron chi connectivity index (χ3n) is 5.92. The van der Waals surface area contributed by atoms with Crippen LogP contribution in [0.15, 0.2) is 72.9 Å². The minimum Gasteiger partial charge on any atom is -0.359 e. The Balaban J connectivity index is 1.55. The standard InChI is InChI=1S/C25H21N5/c1-3-29-23-7-5-4-6-20(23)21-14-19(9-11-24(21)29)30-25(15-26-28-30)17-8-10-22-18(13-17)12-16(2)27-22/h4-15,27H,3H2,1-2H3. The molecular weight excluding hydrogens is 370 g/mol. The molecular formula is C25H21N5. The first kappa shape index (κ1) is 17.0. The van der Waals surface area contributed by atoms with E-state index in [1.807, 2.05) is 10.9 Å². The molecule has 5 nitrogen and oxygen atoms in total. The van der Waals surface area contributed by atoms with Crippen LogP contribution < -0.4 is 0 Å². The van der Waals surface area contributed by atoms with Crippen molar-refractivity contribution in [3.63, 3.8) is 0 Å². The first-order valence-corrected chi connectivity index (χ1v) is 10.2. The molecule has 3 aromatic heterocycles. The van der Waals surface area contributed by atoms with Crippen LogP contribution >= 0.6 is 0 Å². The molecule has 3 aromatic carbocycles. The Morgan fingerprint density at radius 3 is 2.67 bits per heavy atom. The number of aryl methyl sites for hydroxylation is 2. The fourth-order valence-electron chi connectivity index (χ4n) is 4.57. The number of H-pyrrole nitrogens is 1. The van der Waals surface area contributed by atoms with E-state index in [0.717, 1.165) is 34.7 Å². The zero-order valence-corrected chi connectivity index (χ0v) is 16.9. The van der Waals surface area contributed by atoms with Gasteiger partial charge in [-0.3, -0.25) is 0 Å². The molecule has 1 N–H and O–H groups in total. The normalized spacial score (nSPS) is 11.8. The molecule has 0 atom stereocenters. The molecule has 0 aliphatic rings. The SMILES string of the molecule is CCn1c2ccccc2c2cc(-n3nncc3-c3ccc4[nH]c(C)cc4c3)ccc21. The molecule has 0 amide bonds. The molecule has 0 spiro atoms. The zero-order valence-electron chi connectivity index (χ0n) is 16.9. The first-order chi connectivity index (χ1) is 14.7. The molecule has 0 saturated heterocycles. The fraction of sp³-hybridized carbons (Fsp3) is 0.120. The van der Waals surface area contributed by atoms with Gasteiger partial charge in [0.25, 0.3) is 0 Å². The molecule has 0 aliphatic carbocycles. The van der Waals surface area contributed by atoms with Crippen molar-refractivity contribution in [2.45, 2.75) is 20.4 Å². The van der Waals surface area contributed by atoms with Crippen molar-refractivity contribution in [2.24, 2.45) is 0 Å². The number of hydrogen-bond acceptors (Lipinski definition) is 2. The van der Waals surface area contributed by atoms with Crippen LogP contribution in [0.3, 0.4) is 0 Å². The van der Waals surface area contributed by atoms with Crippen molar-refractivity contribution < 1.29 is 0 Å². The summed E-state index contributed by atoms with van der Waals surface area (Å²) >= 11 is 0. The summed E-state index contributed by atoms with van der Waals surface area (Å²) in [6.45, 7) is 5.20. The van der Waals surface area contributed by atoms with Crippen LogP contribution in [0.25, 0.3) is 49.7 Å². The lowest BCUT2D eigenvalue weighted by molar-refractivity contribution is 0.807. The van der Waals surface area contributed by atoms with Gasteiger partial charge < -0.3 is 9.55 Å². The van der Waals surface area contributed by atoms with Crippen molar-refractivity contribution in [2.75, 3.05) is 0 Å². The van der Waals surface area contributed by atoms with E-state index in [1.54, 1.807) is 0 Å². The van der Waals surface area contributed by atoms with Gasteiger partial charge in [0.1, 0.15) is 0 Å². The lowest BCUT2D eigenvalue weighted by Gasteiger charge is -2.08.